The second-order valence-corrected chi connectivity index (χ2v) is 6.47. The number of thiophene rings is 1. The number of aliphatic hydroxyl groups is 1. The molecule has 0 aliphatic heterocycles. The van der Waals surface area contributed by atoms with Gasteiger partial charge in [0.25, 0.3) is 0 Å². The van der Waals surface area contributed by atoms with Gasteiger partial charge in [0.15, 0.2) is 0 Å². The van der Waals surface area contributed by atoms with Crippen LogP contribution < -0.4 is 0 Å². The van der Waals surface area contributed by atoms with E-state index in [1.54, 1.807) is 11.3 Å². The average molecular weight is 238 g/mol. The van der Waals surface area contributed by atoms with Crippen molar-refractivity contribution < 1.29 is 5.11 Å². The van der Waals surface area contributed by atoms with Crippen LogP contribution in [0.2, 0.25) is 0 Å². The highest BCUT2D eigenvalue weighted by Gasteiger charge is 2.35. The molecule has 16 heavy (non-hydrogen) atoms. The molecule has 1 aliphatic carbocycles. The zero-order valence-corrected chi connectivity index (χ0v) is 11.1. The minimum atomic E-state index is -0.252. The molecule has 1 aliphatic rings. The Balaban J connectivity index is 2.13. The van der Waals surface area contributed by atoms with Crippen LogP contribution in [0.5, 0.6) is 0 Å². The summed E-state index contributed by atoms with van der Waals surface area (Å²) >= 11 is 1.78. The topological polar surface area (TPSA) is 20.2 Å². The van der Waals surface area contributed by atoms with Crippen molar-refractivity contribution in [2.45, 2.75) is 58.5 Å². The van der Waals surface area contributed by atoms with Crippen LogP contribution in [0.4, 0.5) is 0 Å². The smallest absolute Gasteiger partial charge is 0.0935 e. The van der Waals surface area contributed by atoms with Gasteiger partial charge in [-0.3, -0.25) is 0 Å². The molecule has 1 heterocycles. The molecule has 0 bridgehead atoms. The van der Waals surface area contributed by atoms with Crippen LogP contribution >= 0.6 is 11.3 Å². The van der Waals surface area contributed by atoms with E-state index in [1.807, 2.05) is 0 Å². The quantitative estimate of drug-likeness (QED) is 0.831. The number of aryl methyl sites for hydroxylation is 1. The molecule has 1 atom stereocenters. The molecule has 1 N–H and O–H groups in total. The van der Waals surface area contributed by atoms with Crippen molar-refractivity contribution in [1.82, 2.24) is 0 Å². The van der Waals surface area contributed by atoms with E-state index in [0.717, 1.165) is 6.42 Å². The van der Waals surface area contributed by atoms with Gasteiger partial charge in [-0.25, -0.2) is 0 Å². The molecule has 1 unspecified atom stereocenters. The van der Waals surface area contributed by atoms with Gasteiger partial charge in [-0.15, -0.1) is 11.3 Å². The Hall–Kier alpha value is -0.340. The molecule has 0 radical (unpaired) electrons. The van der Waals surface area contributed by atoms with E-state index in [2.05, 4.69) is 26.0 Å². The lowest BCUT2D eigenvalue weighted by molar-refractivity contribution is 0.0107. The van der Waals surface area contributed by atoms with Crippen LogP contribution in [-0.4, -0.2) is 5.11 Å². The Morgan fingerprint density at radius 3 is 2.56 bits per heavy atom. The molecule has 1 nitrogen and oxygen atoms in total. The van der Waals surface area contributed by atoms with Crippen LogP contribution in [0, 0.1) is 5.41 Å². The summed E-state index contributed by atoms with van der Waals surface area (Å²) in [6, 6.07) is 4.28. The van der Waals surface area contributed by atoms with Crippen LogP contribution in [0.3, 0.4) is 0 Å². The summed E-state index contributed by atoms with van der Waals surface area (Å²) in [6.07, 6.45) is 7.07. The van der Waals surface area contributed by atoms with E-state index in [-0.39, 0.29) is 11.5 Å². The highest BCUT2D eigenvalue weighted by Crippen LogP contribution is 2.46. The Morgan fingerprint density at radius 1 is 1.31 bits per heavy atom. The van der Waals surface area contributed by atoms with Gasteiger partial charge in [-0.05, 0) is 36.8 Å². The van der Waals surface area contributed by atoms with Gasteiger partial charge in [0.1, 0.15) is 0 Å². The van der Waals surface area contributed by atoms with Crippen LogP contribution in [0.1, 0.15) is 61.8 Å². The van der Waals surface area contributed by atoms with Crippen LogP contribution in [0.25, 0.3) is 0 Å². The largest absolute Gasteiger partial charge is 0.387 e. The lowest BCUT2D eigenvalue weighted by atomic mass is 9.71. The Labute approximate surface area is 103 Å². The predicted molar refractivity (Wildman–Crippen MR) is 69.8 cm³/mol. The maximum absolute atomic E-state index is 10.5. The average Bonchev–Trinajstić information content (AvgIpc) is 2.77. The first-order valence-corrected chi connectivity index (χ1v) is 7.24. The van der Waals surface area contributed by atoms with Crippen molar-refractivity contribution in [1.29, 1.82) is 0 Å². The molecule has 0 saturated heterocycles. The monoisotopic (exact) mass is 238 g/mol. The summed E-state index contributed by atoms with van der Waals surface area (Å²) in [7, 11) is 0. The van der Waals surface area contributed by atoms with Crippen LogP contribution in [-0.2, 0) is 6.42 Å². The molecule has 2 heteroatoms. The van der Waals surface area contributed by atoms with Gasteiger partial charge >= 0.3 is 0 Å². The molecule has 2 rings (SSSR count). The minimum Gasteiger partial charge on any atom is -0.387 e. The van der Waals surface area contributed by atoms with E-state index >= 15 is 0 Å². The minimum absolute atomic E-state index is 0.119. The number of rotatable bonds is 3. The fraction of sp³-hybridized carbons (Fsp3) is 0.714. The molecule has 90 valence electrons. The lowest BCUT2D eigenvalue weighted by Gasteiger charge is -2.37. The van der Waals surface area contributed by atoms with E-state index in [1.165, 1.54) is 41.9 Å². The molecule has 1 saturated carbocycles. The summed E-state index contributed by atoms with van der Waals surface area (Å²) in [5.41, 5.74) is 0.119. The third-order valence-corrected chi connectivity index (χ3v) is 5.24. The number of hydrogen-bond acceptors (Lipinski definition) is 2. The van der Waals surface area contributed by atoms with Gasteiger partial charge in [0, 0.05) is 9.75 Å². The summed E-state index contributed by atoms with van der Waals surface area (Å²) < 4.78 is 0. The van der Waals surface area contributed by atoms with Crippen molar-refractivity contribution >= 4 is 11.3 Å². The molecule has 0 spiro atoms. The molecule has 0 aromatic carbocycles. The van der Waals surface area contributed by atoms with Crippen molar-refractivity contribution in [2.24, 2.45) is 5.41 Å². The first-order chi connectivity index (χ1) is 7.65. The zero-order valence-electron chi connectivity index (χ0n) is 10.3. The first kappa shape index (κ1) is 12.1. The van der Waals surface area contributed by atoms with E-state index in [9.17, 15) is 5.11 Å². The van der Waals surface area contributed by atoms with Crippen molar-refractivity contribution in [2.75, 3.05) is 0 Å². The summed E-state index contributed by atoms with van der Waals surface area (Å²) in [5.74, 6) is 0. The summed E-state index contributed by atoms with van der Waals surface area (Å²) in [5, 5.41) is 10.5. The zero-order chi connectivity index (χ0) is 11.6. The number of aliphatic hydroxyl groups excluding tert-OH is 1. The van der Waals surface area contributed by atoms with Crippen LogP contribution in [0.15, 0.2) is 12.1 Å². The fourth-order valence-corrected chi connectivity index (χ4v) is 3.82. The molecule has 1 aromatic heterocycles. The molecule has 0 amide bonds. The normalized spacial score (nSPS) is 21.9. The van der Waals surface area contributed by atoms with E-state index in [0.29, 0.717) is 0 Å². The fourth-order valence-electron chi connectivity index (χ4n) is 2.71. The lowest BCUT2D eigenvalue weighted by Crippen LogP contribution is -2.27. The van der Waals surface area contributed by atoms with Gasteiger partial charge in [0.2, 0.25) is 0 Å². The summed E-state index contributed by atoms with van der Waals surface area (Å²) in [4.78, 5) is 2.55. The van der Waals surface area contributed by atoms with Gasteiger partial charge in [0.05, 0.1) is 6.10 Å². The second kappa shape index (κ2) is 4.89. The second-order valence-electron chi connectivity index (χ2n) is 5.27. The molecule has 1 aromatic rings. The van der Waals surface area contributed by atoms with E-state index < -0.39 is 0 Å². The maximum Gasteiger partial charge on any atom is 0.0935 e. The van der Waals surface area contributed by atoms with Gasteiger partial charge in [-0.1, -0.05) is 33.1 Å². The maximum atomic E-state index is 10.5. The third-order valence-electron chi connectivity index (χ3n) is 3.96. The molecule has 1 fully saturated rings. The Morgan fingerprint density at radius 2 is 2.00 bits per heavy atom. The standard InChI is InChI=1S/C14H22OS/c1-3-11-7-8-12(16-11)13(15)14(2)9-5-4-6-10-14/h7-8,13,15H,3-6,9-10H2,1-2H3. The van der Waals surface area contributed by atoms with Gasteiger partial charge < -0.3 is 5.11 Å². The Kier molecular flexibility index (Phi) is 3.70. The highest BCUT2D eigenvalue weighted by atomic mass is 32.1. The van der Waals surface area contributed by atoms with Crippen molar-refractivity contribution in [3.8, 4) is 0 Å². The van der Waals surface area contributed by atoms with Gasteiger partial charge in [-0.2, -0.15) is 0 Å². The molecular formula is C14H22OS. The predicted octanol–water partition coefficient (Wildman–Crippen LogP) is 4.31. The van der Waals surface area contributed by atoms with Crippen molar-refractivity contribution in [3.05, 3.63) is 21.9 Å². The number of hydrogen-bond donors (Lipinski definition) is 1. The SMILES string of the molecule is CCc1ccc(C(O)C2(C)CCCCC2)s1. The third kappa shape index (κ3) is 2.33. The van der Waals surface area contributed by atoms with E-state index in [4.69, 9.17) is 0 Å². The first-order valence-electron chi connectivity index (χ1n) is 6.42. The highest BCUT2D eigenvalue weighted by molar-refractivity contribution is 7.12. The molecular weight excluding hydrogens is 216 g/mol. The van der Waals surface area contributed by atoms with Crippen molar-refractivity contribution in [3.63, 3.8) is 0 Å². The summed E-state index contributed by atoms with van der Waals surface area (Å²) in [6.45, 7) is 4.42. The Bertz CT molecular complexity index is 336.